The van der Waals surface area contributed by atoms with E-state index in [0.717, 1.165) is 19.0 Å². The van der Waals surface area contributed by atoms with E-state index in [-0.39, 0.29) is 0 Å². The fourth-order valence-corrected chi connectivity index (χ4v) is 3.47. The molecule has 2 aliphatic rings. The highest BCUT2D eigenvalue weighted by atomic mass is 15.1. The van der Waals surface area contributed by atoms with Crippen LogP contribution in [-0.4, -0.2) is 19.1 Å². The fraction of sp³-hybridized carbons (Fsp3) is 0.625. The van der Waals surface area contributed by atoms with E-state index < -0.39 is 0 Å². The van der Waals surface area contributed by atoms with Gasteiger partial charge in [-0.3, -0.25) is 0 Å². The maximum atomic E-state index is 3.77. The van der Waals surface area contributed by atoms with Gasteiger partial charge in [0.05, 0.1) is 0 Å². The van der Waals surface area contributed by atoms with Crippen molar-refractivity contribution in [1.29, 1.82) is 0 Å². The van der Waals surface area contributed by atoms with Gasteiger partial charge in [0.25, 0.3) is 0 Å². The summed E-state index contributed by atoms with van der Waals surface area (Å²) in [5.74, 6) is 0.906. The molecule has 98 valence electrons. The van der Waals surface area contributed by atoms with Crippen LogP contribution < -0.4 is 10.6 Å². The first-order valence-corrected chi connectivity index (χ1v) is 7.45. The van der Waals surface area contributed by atoms with E-state index in [9.17, 15) is 0 Å². The Morgan fingerprint density at radius 2 is 1.61 bits per heavy atom. The molecular formula is C16H24N2. The SMILES string of the molecule is c1ccc(C2CNC(C3CCCCC3)CN2)cc1. The smallest absolute Gasteiger partial charge is 0.0447 e. The number of benzene rings is 1. The van der Waals surface area contributed by atoms with Crippen LogP contribution in [0, 0.1) is 5.92 Å². The second-order valence-electron chi connectivity index (χ2n) is 5.78. The molecule has 1 heterocycles. The van der Waals surface area contributed by atoms with Crippen molar-refractivity contribution >= 4 is 0 Å². The molecule has 1 aromatic rings. The van der Waals surface area contributed by atoms with E-state index in [2.05, 4.69) is 41.0 Å². The normalized spacial score (nSPS) is 30.2. The van der Waals surface area contributed by atoms with Gasteiger partial charge in [-0.25, -0.2) is 0 Å². The molecule has 2 fully saturated rings. The molecule has 2 atom stereocenters. The molecule has 3 rings (SSSR count). The van der Waals surface area contributed by atoms with E-state index in [1.807, 2.05) is 0 Å². The van der Waals surface area contributed by atoms with Crippen molar-refractivity contribution in [3.8, 4) is 0 Å². The number of nitrogens with one attached hydrogen (secondary N) is 2. The Labute approximate surface area is 110 Å². The summed E-state index contributed by atoms with van der Waals surface area (Å²) in [5, 5.41) is 7.50. The monoisotopic (exact) mass is 244 g/mol. The van der Waals surface area contributed by atoms with E-state index in [1.54, 1.807) is 0 Å². The molecule has 1 saturated carbocycles. The third kappa shape index (κ3) is 2.76. The average Bonchev–Trinajstić information content (AvgIpc) is 2.49. The van der Waals surface area contributed by atoms with Crippen LogP contribution in [0.4, 0.5) is 0 Å². The van der Waals surface area contributed by atoms with E-state index in [1.165, 1.54) is 37.7 Å². The summed E-state index contributed by atoms with van der Waals surface area (Å²) in [6.07, 6.45) is 7.17. The van der Waals surface area contributed by atoms with Crippen molar-refractivity contribution in [1.82, 2.24) is 10.6 Å². The van der Waals surface area contributed by atoms with Crippen molar-refractivity contribution in [2.45, 2.75) is 44.2 Å². The molecule has 2 unspecified atom stereocenters. The standard InChI is InChI=1S/C16H24N2/c1-3-7-13(8-4-1)15-11-18-16(12-17-15)14-9-5-2-6-10-14/h1,3-4,7-8,14-18H,2,5-6,9-12H2. The van der Waals surface area contributed by atoms with Crippen LogP contribution >= 0.6 is 0 Å². The molecule has 0 aromatic heterocycles. The molecule has 2 heteroatoms. The number of hydrogen-bond donors (Lipinski definition) is 2. The van der Waals surface area contributed by atoms with Crippen LogP contribution in [0.15, 0.2) is 30.3 Å². The Morgan fingerprint density at radius 3 is 2.28 bits per heavy atom. The maximum absolute atomic E-state index is 3.77. The second kappa shape index (κ2) is 5.85. The van der Waals surface area contributed by atoms with Gasteiger partial charge >= 0.3 is 0 Å². The summed E-state index contributed by atoms with van der Waals surface area (Å²) >= 11 is 0. The number of piperazine rings is 1. The molecule has 0 amide bonds. The molecule has 2 nitrogen and oxygen atoms in total. The Morgan fingerprint density at radius 1 is 0.833 bits per heavy atom. The minimum atomic E-state index is 0.492. The Balaban J connectivity index is 1.54. The minimum Gasteiger partial charge on any atom is -0.311 e. The van der Waals surface area contributed by atoms with Gasteiger partial charge in [0, 0.05) is 25.2 Å². The van der Waals surface area contributed by atoms with Gasteiger partial charge in [0.1, 0.15) is 0 Å². The fourth-order valence-electron chi connectivity index (χ4n) is 3.47. The van der Waals surface area contributed by atoms with Crippen molar-refractivity contribution < 1.29 is 0 Å². The third-order valence-corrected chi connectivity index (χ3v) is 4.59. The average molecular weight is 244 g/mol. The summed E-state index contributed by atoms with van der Waals surface area (Å²) in [7, 11) is 0. The van der Waals surface area contributed by atoms with Crippen LogP contribution in [0.3, 0.4) is 0 Å². The number of hydrogen-bond acceptors (Lipinski definition) is 2. The Kier molecular flexibility index (Phi) is 3.96. The van der Waals surface area contributed by atoms with Gasteiger partial charge in [0.15, 0.2) is 0 Å². The first-order chi connectivity index (χ1) is 8.93. The van der Waals surface area contributed by atoms with Crippen molar-refractivity contribution in [3.05, 3.63) is 35.9 Å². The van der Waals surface area contributed by atoms with Crippen molar-refractivity contribution in [2.24, 2.45) is 5.92 Å². The quantitative estimate of drug-likeness (QED) is 0.836. The lowest BCUT2D eigenvalue weighted by atomic mass is 9.83. The highest BCUT2D eigenvalue weighted by Crippen LogP contribution is 2.28. The zero-order valence-corrected chi connectivity index (χ0v) is 11.1. The zero-order valence-electron chi connectivity index (χ0n) is 11.1. The highest BCUT2D eigenvalue weighted by Gasteiger charge is 2.28. The summed E-state index contributed by atoms with van der Waals surface area (Å²) in [6, 6.07) is 12.0. The first kappa shape index (κ1) is 12.2. The van der Waals surface area contributed by atoms with Crippen LogP contribution in [-0.2, 0) is 0 Å². The Hall–Kier alpha value is -0.860. The molecule has 0 spiro atoms. The summed E-state index contributed by atoms with van der Waals surface area (Å²) in [5.41, 5.74) is 1.41. The summed E-state index contributed by atoms with van der Waals surface area (Å²) in [4.78, 5) is 0. The largest absolute Gasteiger partial charge is 0.311 e. The first-order valence-electron chi connectivity index (χ1n) is 7.45. The number of rotatable bonds is 2. The van der Waals surface area contributed by atoms with Crippen LogP contribution in [0.5, 0.6) is 0 Å². The maximum Gasteiger partial charge on any atom is 0.0447 e. The molecule has 1 aromatic carbocycles. The molecule has 1 saturated heterocycles. The molecular weight excluding hydrogens is 220 g/mol. The van der Waals surface area contributed by atoms with Crippen LogP contribution in [0.25, 0.3) is 0 Å². The molecule has 0 radical (unpaired) electrons. The van der Waals surface area contributed by atoms with Crippen LogP contribution in [0.1, 0.15) is 43.7 Å². The summed E-state index contributed by atoms with van der Waals surface area (Å²) in [6.45, 7) is 2.20. The van der Waals surface area contributed by atoms with Gasteiger partial charge in [-0.05, 0) is 24.3 Å². The molecule has 1 aliphatic carbocycles. The third-order valence-electron chi connectivity index (χ3n) is 4.59. The predicted octanol–water partition coefficient (Wildman–Crippen LogP) is 2.87. The van der Waals surface area contributed by atoms with Gasteiger partial charge in [-0.15, -0.1) is 0 Å². The zero-order chi connectivity index (χ0) is 12.2. The minimum absolute atomic E-state index is 0.492. The van der Waals surface area contributed by atoms with E-state index in [0.29, 0.717) is 12.1 Å². The topological polar surface area (TPSA) is 24.1 Å². The van der Waals surface area contributed by atoms with Crippen molar-refractivity contribution in [2.75, 3.05) is 13.1 Å². The van der Waals surface area contributed by atoms with E-state index >= 15 is 0 Å². The lowest BCUT2D eigenvalue weighted by molar-refractivity contribution is 0.224. The predicted molar refractivity (Wildman–Crippen MR) is 75.6 cm³/mol. The lowest BCUT2D eigenvalue weighted by Crippen LogP contribution is -2.53. The van der Waals surface area contributed by atoms with Gasteiger partial charge < -0.3 is 10.6 Å². The van der Waals surface area contributed by atoms with Crippen molar-refractivity contribution in [3.63, 3.8) is 0 Å². The highest BCUT2D eigenvalue weighted by molar-refractivity contribution is 5.20. The summed E-state index contributed by atoms with van der Waals surface area (Å²) < 4.78 is 0. The molecule has 1 aliphatic heterocycles. The second-order valence-corrected chi connectivity index (χ2v) is 5.78. The molecule has 0 bridgehead atoms. The van der Waals surface area contributed by atoms with Crippen LogP contribution in [0.2, 0.25) is 0 Å². The lowest BCUT2D eigenvalue weighted by Gasteiger charge is -2.37. The van der Waals surface area contributed by atoms with E-state index in [4.69, 9.17) is 0 Å². The van der Waals surface area contributed by atoms with Gasteiger partial charge in [-0.1, -0.05) is 49.6 Å². The van der Waals surface area contributed by atoms with Gasteiger partial charge in [-0.2, -0.15) is 0 Å². The molecule has 18 heavy (non-hydrogen) atoms. The Bertz CT molecular complexity index is 349. The van der Waals surface area contributed by atoms with Gasteiger partial charge in [0.2, 0.25) is 0 Å². The molecule has 2 N–H and O–H groups in total.